The lowest BCUT2D eigenvalue weighted by Crippen LogP contribution is -2.49. The zero-order valence-corrected chi connectivity index (χ0v) is 31.0. The first-order valence-electron chi connectivity index (χ1n) is 18.3. The van der Waals surface area contributed by atoms with Gasteiger partial charge in [-0.25, -0.2) is 4.79 Å². The lowest BCUT2D eigenvalue weighted by atomic mass is 9.95. The van der Waals surface area contributed by atoms with Crippen LogP contribution in [0.3, 0.4) is 0 Å². The molecule has 0 spiro atoms. The molecule has 2 bridgehead atoms. The third-order valence-corrected chi connectivity index (χ3v) is 9.17. The SMILES string of the molecule is CCCCN.CCCCc1ccc(-c2ccc(C(=O)NCC(=O)N(C)C3C(=O)NCC(=O)NC(C(=O)O)CCCCc4cc3ccc4C)cc2)cc1. The van der Waals surface area contributed by atoms with Gasteiger partial charge in [-0.05, 0) is 97.5 Å². The van der Waals surface area contributed by atoms with E-state index in [4.69, 9.17) is 5.73 Å². The number of nitrogens with two attached hydrogens (primary N) is 1. The maximum absolute atomic E-state index is 13.5. The minimum Gasteiger partial charge on any atom is -0.480 e. The standard InChI is InChI=1S/C37H44N4O6.C4H11N/c1-4-5-8-25-12-15-26(16-13-25)27-17-19-28(20-18-27)35(44)39-23-33(43)41(3)34-30-14-11-24(2)29(21-30)9-6-7-10-31(37(46)47)40-32(42)22-38-36(34)45;1-2-3-4-5/h11-21,31,34H,4-10,22-23H2,1-3H3,(H,38,45)(H,39,44)(H,40,42)(H,46,47);2-5H2,1H3. The fraction of sp³-hybridized carbons (Fsp3) is 0.439. The number of nitrogens with one attached hydrogen (secondary N) is 3. The highest BCUT2D eigenvalue weighted by atomic mass is 16.4. The Hall–Kier alpha value is -5.03. The number of rotatable bonds is 11. The normalized spacial score (nSPS) is 16.2. The van der Waals surface area contributed by atoms with Gasteiger partial charge in [0.25, 0.3) is 5.91 Å². The van der Waals surface area contributed by atoms with E-state index in [-0.39, 0.29) is 13.0 Å². The number of carbonyl (C=O) groups is 5. The molecule has 1 heterocycles. The highest BCUT2D eigenvalue weighted by Gasteiger charge is 2.30. The number of nitrogens with zero attached hydrogens (tertiary/aromatic N) is 1. The number of carbonyl (C=O) groups excluding carboxylic acids is 4. The molecule has 2 unspecified atom stereocenters. The van der Waals surface area contributed by atoms with Gasteiger partial charge in [0.05, 0.1) is 13.1 Å². The van der Waals surface area contributed by atoms with Crippen molar-refractivity contribution in [2.24, 2.45) is 5.73 Å². The van der Waals surface area contributed by atoms with Crippen molar-refractivity contribution in [3.05, 3.63) is 94.5 Å². The number of aryl methyl sites for hydroxylation is 3. The van der Waals surface area contributed by atoms with E-state index in [0.29, 0.717) is 30.4 Å². The maximum atomic E-state index is 13.5. The van der Waals surface area contributed by atoms with Gasteiger partial charge in [0.1, 0.15) is 12.1 Å². The van der Waals surface area contributed by atoms with Crippen LogP contribution < -0.4 is 21.7 Å². The molecule has 1 aliphatic rings. The van der Waals surface area contributed by atoms with Crippen LogP contribution in [0, 0.1) is 6.92 Å². The lowest BCUT2D eigenvalue weighted by molar-refractivity contribution is -0.142. The van der Waals surface area contributed by atoms with Crippen LogP contribution in [0.2, 0.25) is 0 Å². The lowest BCUT2D eigenvalue weighted by Gasteiger charge is -2.29. The van der Waals surface area contributed by atoms with Crippen molar-refractivity contribution in [3.63, 3.8) is 0 Å². The second-order valence-corrected chi connectivity index (χ2v) is 13.2. The summed E-state index contributed by atoms with van der Waals surface area (Å²) in [6, 6.07) is 19.0. The summed E-state index contributed by atoms with van der Waals surface area (Å²) in [5.74, 6) is -3.30. The molecular formula is C41H55N5O6. The first kappa shape index (κ1) is 41.4. The molecule has 280 valence electrons. The Morgan fingerprint density at radius 1 is 0.923 bits per heavy atom. The van der Waals surface area contributed by atoms with E-state index in [0.717, 1.165) is 48.1 Å². The number of likely N-dealkylation sites (N-methyl/N-ethyl adjacent to an activating group) is 1. The second kappa shape index (κ2) is 21.4. The van der Waals surface area contributed by atoms with Gasteiger partial charge in [0.15, 0.2) is 0 Å². The van der Waals surface area contributed by atoms with Crippen LogP contribution in [0.25, 0.3) is 11.1 Å². The number of benzene rings is 3. The van der Waals surface area contributed by atoms with Gasteiger partial charge in [0.2, 0.25) is 17.7 Å². The molecule has 4 rings (SSSR count). The monoisotopic (exact) mass is 713 g/mol. The number of carboxylic acid groups (broad SMARTS) is 1. The Bertz CT molecular complexity index is 1640. The van der Waals surface area contributed by atoms with E-state index in [1.165, 1.54) is 30.4 Å². The van der Waals surface area contributed by atoms with Crippen molar-refractivity contribution in [1.82, 2.24) is 20.9 Å². The fourth-order valence-electron chi connectivity index (χ4n) is 5.90. The molecule has 0 radical (unpaired) electrons. The fourth-order valence-corrected chi connectivity index (χ4v) is 5.90. The van der Waals surface area contributed by atoms with E-state index in [2.05, 4.69) is 54.1 Å². The van der Waals surface area contributed by atoms with Gasteiger partial charge < -0.3 is 31.7 Å². The molecular weight excluding hydrogens is 658 g/mol. The Kier molecular flexibility index (Phi) is 17.0. The molecule has 0 aliphatic carbocycles. The van der Waals surface area contributed by atoms with Crippen LogP contribution in [0.4, 0.5) is 0 Å². The molecule has 6 N–H and O–H groups in total. The van der Waals surface area contributed by atoms with Crippen molar-refractivity contribution >= 4 is 29.6 Å². The summed E-state index contributed by atoms with van der Waals surface area (Å²) in [5.41, 5.74) is 11.4. The molecule has 3 aromatic carbocycles. The number of fused-ring (bicyclic) bond motifs is 2. The second-order valence-electron chi connectivity index (χ2n) is 13.2. The Balaban J connectivity index is 0.00000136. The third-order valence-electron chi connectivity index (χ3n) is 9.17. The number of hydrogen-bond acceptors (Lipinski definition) is 6. The molecule has 52 heavy (non-hydrogen) atoms. The van der Waals surface area contributed by atoms with Crippen molar-refractivity contribution < 1.29 is 29.1 Å². The number of amides is 4. The van der Waals surface area contributed by atoms with Crippen LogP contribution in [0.1, 0.15) is 97.4 Å². The van der Waals surface area contributed by atoms with E-state index in [1.54, 1.807) is 18.2 Å². The number of carboxylic acids is 1. The summed E-state index contributed by atoms with van der Waals surface area (Å²) >= 11 is 0. The summed E-state index contributed by atoms with van der Waals surface area (Å²) in [7, 11) is 1.48. The zero-order chi connectivity index (χ0) is 38.0. The molecule has 11 nitrogen and oxygen atoms in total. The average molecular weight is 714 g/mol. The Morgan fingerprint density at radius 2 is 1.58 bits per heavy atom. The summed E-state index contributed by atoms with van der Waals surface area (Å²) < 4.78 is 0. The van der Waals surface area contributed by atoms with Gasteiger partial charge in [-0.15, -0.1) is 0 Å². The van der Waals surface area contributed by atoms with Crippen LogP contribution in [-0.2, 0) is 32.0 Å². The van der Waals surface area contributed by atoms with E-state index >= 15 is 0 Å². The van der Waals surface area contributed by atoms with Crippen molar-refractivity contribution in [1.29, 1.82) is 0 Å². The van der Waals surface area contributed by atoms with Crippen molar-refractivity contribution in [2.75, 3.05) is 26.7 Å². The van der Waals surface area contributed by atoms with Crippen LogP contribution in [0.5, 0.6) is 0 Å². The van der Waals surface area contributed by atoms with Crippen molar-refractivity contribution in [3.8, 4) is 11.1 Å². The molecule has 0 saturated heterocycles. The zero-order valence-electron chi connectivity index (χ0n) is 31.0. The maximum Gasteiger partial charge on any atom is 0.326 e. The van der Waals surface area contributed by atoms with Gasteiger partial charge in [0, 0.05) is 12.6 Å². The summed E-state index contributed by atoms with van der Waals surface area (Å²) in [6.45, 7) is 6.31. The Morgan fingerprint density at radius 3 is 2.17 bits per heavy atom. The van der Waals surface area contributed by atoms with Crippen LogP contribution in [0.15, 0.2) is 66.7 Å². The number of unbranched alkanes of at least 4 members (excludes halogenated alkanes) is 2. The van der Waals surface area contributed by atoms with E-state index < -0.39 is 48.2 Å². The molecule has 0 fully saturated rings. The molecule has 2 atom stereocenters. The first-order valence-corrected chi connectivity index (χ1v) is 18.3. The van der Waals surface area contributed by atoms with Gasteiger partial charge in [-0.3, -0.25) is 19.2 Å². The highest BCUT2D eigenvalue weighted by Crippen LogP contribution is 2.25. The minimum atomic E-state index is -1.14. The molecule has 4 amide bonds. The van der Waals surface area contributed by atoms with E-state index in [9.17, 15) is 29.1 Å². The first-order chi connectivity index (χ1) is 25.0. The molecule has 11 heteroatoms. The smallest absolute Gasteiger partial charge is 0.326 e. The van der Waals surface area contributed by atoms with Gasteiger partial charge in [-0.1, -0.05) is 87.7 Å². The van der Waals surface area contributed by atoms with E-state index in [1.807, 2.05) is 31.2 Å². The largest absolute Gasteiger partial charge is 0.480 e. The molecule has 3 aromatic rings. The summed E-state index contributed by atoms with van der Waals surface area (Å²) in [5, 5.41) is 17.2. The third kappa shape index (κ3) is 12.6. The molecule has 1 aliphatic heterocycles. The predicted octanol–water partition coefficient (Wildman–Crippen LogP) is 5.09. The Labute approximate surface area is 307 Å². The molecule has 0 aromatic heterocycles. The van der Waals surface area contributed by atoms with Crippen molar-refractivity contribution in [2.45, 2.75) is 90.6 Å². The van der Waals surface area contributed by atoms with Crippen LogP contribution in [-0.4, -0.2) is 72.3 Å². The van der Waals surface area contributed by atoms with Gasteiger partial charge in [-0.2, -0.15) is 0 Å². The average Bonchev–Trinajstić information content (AvgIpc) is 3.14. The summed E-state index contributed by atoms with van der Waals surface area (Å²) in [6.07, 6.45) is 7.93. The van der Waals surface area contributed by atoms with Gasteiger partial charge >= 0.3 is 5.97 Å². The highest BCUT2D eigenvalue weighted by molar-refractivity contribution is 5.98. The number of aliphatic carboxylic acids is 1. The quantitative estimate of drug-likeness (QED) is 0.184. The predicted molar refractivity (Wildman–Crippen MR) is 204 cm³/mol. The topological polar surface area (TPSA) is 171 Å². The number of hydrogen-bond donors (Lipinski definition) is 5. The summed E-state index contributed by atoms with van der Waals surface area (Å²) in [4.78, 5) is 65.2. The molecule has 0 saturated carbocycles. The van der Waals surface area contributed by atoms with Crippen LogP contribution >= 0.6 is 0 Å². The minimum absolute atomic E-state index is 0.274.